The lowest BCUT2D eigenvalue weighted by Crippen LogP contribution is -2.35. The first-order valence-corrected chi connectivity index (χ1v) is 14.1. The summed E-state index contributed by atoms with van der Waals surface area (Å²) in [7, 11) is -3.96. The minimum Gasteiger partial charge on any atom is -0.379 e. The van der Waals surface area contributed by atoms with Crippen molar-refractivity contribution in [2.45, 2.75) is 57.3 Å². The molecule has 0 bridgehead atoms. The Morgan fingerprint density at radius 1 is 1.03 bits per heavy atom. The number of hydrazone groups is 1. The van der Waals surface area contributed by atoms with Crippen LogP contribution < -0.4 is 4.18 Å². The molecule has 2 aromatic rings. The summed E-state index contributed by atoms with van der Waals surface area (Å²) in [4.78, 5) is 16.8. The summed E-state index contributed by atoms with van der Waals surface area (Å²) in [5.74, 6) is -0.381. The number of nitrogens with zero attached hydrogens (tertiary/aromatic N) is 3. The summed E-state index contributed by atoms with van der Waals surface area (Å²) in [6.45, 7) is 4.05. The van der Waals surface area contributed by atoms with Crippen molar-refractivity contribution in [2.75, 3.05) is 0 Å². The first-order chi connectivity index (χ1) is 17.3. The zero-order valence-corrected chi connectivity index (χ0v) is 21.9. The second-order valence-electron chi connectivity index (χ2n) is 8.60. The Hall–Kier alpha value is -3.24. The molecule has 0 aliphatic carbocycles. The van der Waals surface area contributed by atoms with E-state index < -0.39 is 16.0 Å². The Labute approximate surface area is 215 Å². The fourth-order valence-corrected chi connectivity index (χ4v) is 5.54. The molecule has 2 aliphatic rings. The summed E-state index contributed by atoms with van der Waals surface area (Å²) >= 11 is 1.34. The number of carbonyl (C=O) groups excluding carboxylic acids is 1. The van der Waals surface area contributed by atoms with E-state index in [4.69, 9.17) is 9.59 Å². The van der Waals surface area contributed by atoms with Gasteiger partial charge in [-0.15, -0.1) is 0 Å². The lowest BCUT2D eigenvalue weighted by molar-refractivity contribution is -0.114. The third-order valence-electron chi connectivity index (χ3n) is 5.70. The van der Waals surface area contributed by atoms with Crippen molar-refractivity contribution in [2.24, 2.45) is 10.1 Å². The molecular formula is C26H28N4O4S2. The van der Waals surface area contributed by atoms with Crippen molar-refractivity contribution in [3.8, 4) is 5.75 Å². The number of hydrogen-bond donors (Lipinski definition) is 1. The van der Waals surface area contributed by atoms with Gasteiger partial charge in [0.05, 0.1) is 5.57 Å². The first kappa shape index (κ1) is 25.8. The highest BCUT2D eigenvalue weighted by Crippen LogP contribution is 2.30. The zero-order chi connectivity index (χ0) is 25.7. The summed E-state index contributed by atoms with van der Waals surface area (Å²) in [6, 6.07) is 12.6. The molecule has 0 saturated carbocycles. The number of nitrogens with one attached hydrogen (secondary N) is 1. The fourth-order valence-electron chi connectivity index (χ4n) is 3.68. The highest BCUT2D eigenvalue weighted by Gasteiger charge is 2.35. The third-order valence-corrected chi connectivity index (χ3v) is 7.93. The number of carbonyl (C=O) groups is 1. The topological polar surface area (TPSA) is 112 Å². The molecule has 0 radical (unpaired) electrons. The first-order valence-electron chi connectivity index (χ1n) is 11.9. The SMILES string of the molecule is CCCCCCCC1=NN2C(=N)C(=Cc3ccc(OS(=O)(=O)c4ccc(C)cc4)cc3)C(=O)N=C2S1. The predicted octanol–water partition coefficient (Wildman–Crippen LogP) is 5.74. The predicted molar refractivity (Wildman–Crippen MR) is 144 cm³/mol. The van der Waals surface area contributed by atoms with Gasteiger partial charge in [-0.1, -0.05) is 62.4 Å². The maximum atomic E-state index is 12.6. The summed E-state index contributed by atoms with van der Waals surface area (Å²) in [6.07, 6.45) is 8.11. The average molecular weight is 525 g/mol. The second-order valence-corrected chi connectivity index (χ2v) is 11.2. The van der Waals surface area contributed by atoms with E-state index in [9.17, 15) is 13.2 Å². The molecule has 0 saturated heterocycles. The summed E-state index contributed by atoms with van der Waals surface area (Å²) < 4.78 is 30.2. The van der Waals surface area contributed by atoms with Crippen molar-refractivity contribution in [3.63, 3.8) is 0 Å². The quantitative estimate of drug-likeness (QED) is 0.241. The van der Waals surface area contributed by atoms with Crippen molar-refractivity contribution in [1.29, 1.82) is 5.41 Å². The molecule has 8 nitrogen and oxygen atoms in total. The number of aryl methyl sites for hydroxylation is 1. The molecule has 2 aromatic carbocycles. The van der Waals surface area contributed by atoms with Crippen LogP contribution in [0.2, 0.25) is 0 Å². The lowest BCUT2D eigenvalue weighted by Gasteiger charge is -2.20. The molecule has 0 fully saturated rings. The van der Waals surface area contributed by atoms with Gasteiger partial charge in [0.25, 0.3) is 5.91 Å². The van der Waals surface area contributed by atoms with E-state index in [0.29, 0.717) is 10.7 Å². The van der Waals surface area contributed by atoms with Crippen LogP contribution in [0.15, 0.2) is 69.1 Å². The van der Waals surface area contributed by atoms with Crippen LogP contribution >= 0.6 is 11.8 Å². The van der Waals surface area contributed by atoms with Crippen LogP contribution in [0.4, 0.5) is 0 Å². The number of thioether (sulfide) groups is 1. The smallest absolute Gasteiger partial charge is 0.339 e. The van der Waals surface area contributed by atoms with E-state index in [1.54, 1.807) is 30.3 Å². The molecule has 0 aromatic heterocycles. The van der Waals surface area contributed by atoms with Crippen LogP contribution in [0.25, 0.3) is 6.08 Å². The second kappa shape index (κ2) is 11.2. The van der Waals surface area contributed by atoms with Crippen molar-refractivity contribution < 1.29 is 17.4 Å². The number of aliphatic imine (C=N–C) groups is 1. The third kappa shape index (κ3) is 6.11. The van der Waals surface area contributed by atoms with Crippen molar-refractivity contribution in [1.82, 2.24) is 5.01 Å². The van der Waals surface area contributed by atoms with Gasteiger partial charge in [-0.2, -0.15) is 23.5 Å². The Bertz CT molecular complexity index is 1350. The van der Waals surface area contributed by atoms with Crippen LogP contribution in [0, 0.1) is 12.3 Å². The van der Waals surface area contributed by atoms with E-state index in [2.05, 4.69) is 17.0 Å². The Kier molecular flexibility index (Phi) is 8.05. The maximum Gasteiger partial charge on any atom is 0.339 e. The number of rotatable bonds is 10. The molecule has 2 aliphatic heterocycles. The number of unbranched alkanes of at least 4 members (excludes halogenated alkanes) is 4. The average Bonchev–Trinajstić information content (AvgIpc) is 3.25. The van der Waals surface area contributed by atoms with Crippen LogP contribution in [0.5, 0.6) is 5.75 Å². The highest BCUT2D eigenvalue weighted by atomic mass is 32.2. The fraction of sp³-hybridized carbons (Fsp3) is 0.308. The van der Waals surface area contributed by atoms with Crippen LogP contribution in [0.3, 0.4) is 0 Å². The van der Waals surface area contributed by atoms with Crippen LogP contribution in [0.1, 0.15) is 56.6 Å². The van der Waals surface area contributed by atoms with E-state index in [1.807, 2.05) is 6.92 Å². The normalized spacial score (nSPS) is 16.7. The van der Waals surface area contributed by atoms with Gasteiger partial charge >= 0.3 is 10.1 Å². The molecule has 0 unspecified atom stereocenters. The standard InChI is InChI=1S/C26H28N4O4S2/c1-3-4-5-6-7-8-23-29-30-24(27)22(25(31)28-26(30)35-23)17-19-11-13-20(14-12-19)34-36(32,33)21-15-9-18(2)10-16-21/h9-17,27H,3-8H2,1-2H3. The van der Waals surface area contributed by atoms with Crippen LogP contribution in [-0.2, 0) is 14.9 Å². The van der Waals surface area contributed by atoms with Gasteiger partial charge in [0.2, 0.25) is 5.17 Å². The molecule has 0 atom stereocenters. The maximum absolute atomic E-state index is 12.6. The van der Waals surface area contributed by atoms with E-state index in [1.165, 1.54) is 60.3 Å². The van der Waals surface area contributed by atoms with Gasteiger partial charge in [-0.25, -0.2) is 0 Å². The molecule has 188 valence electrons. The largest absolute Gasteiger partial charge is 0.379 e. The summed E-state index contributed by atoms with van der Waals surface area (Å²) in [5, 5.41) is 15.7. The van der Waals surface area contributed by atoms with E-state index in [-0.39, 0.29) is 22.1 Å². The number of hydrogen-bond acceptors (Lipinski definition) is 7. The lowest BCUT2D eigenvalue weighted by atomic mass is 10.1. The van der Waals surface area contributed by atoms with Gasteiger partial charge < -0.3 is 4.18 Å². The van der Waals surface area contributed by atoms with E-state index >= 15 is 0 Å². The molecule has 10 heteroatoms. The Morgan fingerprint density at radius 2 is 1.72 bits per heavy atom. The molecule has 2 heterocycles. The molecule has 0 spiro atoms. The van der Waals surface area contributed by atoms with Gasteiger partial charge in [-0.3, -0.25) is 10.2 Å². The van der Waals surface area contributed by atoms with Gasteiger partial charge in [0.1, 0.15) is 15.7 Å². The molecule has 4 rings (SSSR count). The number of amidine groups is 2. The number of benzene rings is 2. The Morgan fingerprint density at radius 3 is 2.42 bits per heavy atom. The minimum absolute atomic E-state index is 0.0271. The number of amides is 1. The van der Waals surface area contributed by atoms with Gasteiger partial charge in [0.15, 0.2) is 5.84 Å². The minimum atomic E-state index is -3.96. The molecule has 1 N–H and O–H groups in total. The van der Waals surface area contributed by atoms with Crippen molar-refractivity contribution >= 4 is 49.9 Å². The van der Waals surface area contributed by atoms with Gasteiger partial charge in [0, 0.05) is 0 Å². The molecule has 36 heavy (non-hydrogen) atoms. The monoisotopic (exact) mass is 524 g/mol. The van der Waals surface area contributed by atoms with Gasteiger partial charge in [-0.05, 0) is 67.4 Å². The molecular weight excluding hydrogens is 496 g/mol. The zero-order valence-electron chi connectivity index (χ0n) is 20.2. The van der Waals surface area contributed by atoms with E-state index in [0.717, 1.165) is 29.9 Å². The highest BCUT2D eigenvalue weighted by molar-refractivity contribution is 8.26. The van der Waals surface area contributed by atoms with Crippen LogP contribution in [-0.4, -0.2) is 35.4 Å². The molecule has 1 amide bonds. The van der Waals surface area contributed by atoms with Crippen molar-refractivity contribution in [3.05, 3.63) is 65.2 Å². The number of fused-ring (bicyclic) bond motifs is 1. The summed E-state index contributed by atoms with van der Waals surface area (Å²) in [5.41, 5.74) is 1.67. The Balaban J connectivity index is 1.43.